The lowest BCUT2D eigenvalue weighted by molar-refractivity contribution is -0.123. The number of likely N-dealkylation sites (N-methyl/N-ethyl adjacent to an activating group) is 1. The Hall–Kier alpha value is -1.48. The van der Waals surface area contributed by atoms with Gasteiger partial charge in [0.05, 0.1) is 0 Å². The number of hydrogen-bond acceptors (Lipinski definition) is 4. The Morgan fingerprint density at radius 2 is 2.00 bits per heavy atom. The number of carbonyl (C=O) groups is 1. The molecule has 1 aromatic rings. The van der Waals surface area contributed by atoms with Gasteiger partial charge in [0.2, 0.25) is 5.91 Å². The van der Waals surface area contributed by atoms with Crippen LogP contribution in [0.3, 0.4) is 0 Å². The molecule has 1 amide bonds. The van der Waals surface area contributed by atoms with E-state index in [1.807, 2.05) is 24.3 Å². The van der Waals surface area contributed by atoms with E-state index in [0.29, 0.717) is 25.9 Å². The van der Waals surface area contributed by atoms with E-state index >= 15 is 0 Å². The van der Waals surface area contributed by atoms with Crippen LogP contribution in [0.5, 0.6) is 0 Å². The summed E-state index contributed by atoms with van der Waals surface area (Å²) in [5.74, 6) is -0.307. The number of rotatable bonds is 3. The molecule has 2 atom stereocenters. The van der Waals surface area contributed by atoms with Gasteiger partial charge in [0, 0.05) is 32.7 Å². The van der Waals surface area contributed by atoms with Crippen LogP contribution in [0.1, 0.15) is 17.5 Å². The SMILES string of the molecule is CNC(=O)[C@@H]1C[C@H](N)CN1S(=O)(=O)N1CCc2ccccc2C1. The van der Waals surface area contributed by atoms with E-state index in [9.17, 15) is 13.2 Å². The van der Waals surface area contributed by atoms with Crippen molar-refractivity contribution in [3.63, 3.8) is 0 Å². The first-order valence-corrected chi connectivity index (χ1v) is 9.14. The number of nitrogens with zero attached hydrogens (tertiary/aromatic N) is 2. The predicted molar refractivity (Wildman–Crippen MR) is 86.6 cm³/mol. The van der Waals surface area contributed by atoms with Crippen molar-refractivity contribution >= 4 is 16.1 Å². The molecule has 23 heavy (non-hydrogen) atoms. The Labute approximate surface area is 136 Å². The Morgan fingerprint density at radius 3 is 2.70 bits per heavy atom. The van der Waals surface area contributed by atoms with Gasteiger partial charge in [0.1, 0.15) is 6.04 Å². The largest absolute Gasteiger partial charge is 0.358 e. The highest BCUT2D eigenvalue weighted by Gasteiger charge is 2.44. The van der Waals surface area contributed by atoms with Crippen LogP contribution in [-0.4, -0.2) is 55.2 Å². The van der Waals surface area contributed by atoms with Gasteiger partial charge < -0.3 is 11.1 Å². The monoisotopic (exact) mass is 338 g/mol. The zero-order valence-corrected chi connectivity index (χ0v) is 13.9. The number of hydrogen-bond donors (Lipinski definition) is 2. The summed E-state index contributed by atoms with van der Waals surface area (Å²) >= 11 is 0. The molecule has 0 radical (unpaired) electrons. The number of nitrogens with two attached hydrogens (primary N) is 1. The second-order valence-electron chi connectivity index (χ2n) is 6.06. The van der Waals surface area contributed by atoms with Gasteiger partial charge in [-0.2, -0.15) is 17.0 Å². The van der Waals surface area contributed by atoms with Crippen molar-refractivity contribution in [2.45, 2.75) is 31.5 Å². The second-order valence-corrected chi connectivity index (χ2v) is 7.94. The number of amides is 1. The molecule has 0 bridgehead atoms. The van der Waals surface area contributed by atoms with E-state index in [-0.39, 0.29) is 18.5 Å². The fourth-order valence-electron chi connectivity index (χ4n) is 3.31. The zero-order chi connectivity index (χ0) is 16.6. The standard InChI is InChI=1S/C15H22N4O3S/c1-17-15(20)14-8-13(16)10-19(14)23(21,22)18-7-6-11-4-2-3-5-12(11)9-18/h2-5,13-14H,6-10,16H2,1H3,(H,17,20)/t13-,14-/m0/s1. The van der Waals surface area contributed by atoms with Gasteiger partial charge in [-0.1, -0.05) is 24.3 Å². The predicted octanol–water partition coefficient (Wildman–Crippen LogP) is -0.563. The molecule has 8 heteroatoms. The second kappa shape index (κ2) is 6.20. The maximum atomic E-state index is 13.0. The van der Waals surface area contributed by atoms with Crippen LogP contribution in [0.25, 0.3) is 0 Å². The fraction of sp³-hybridized carbons (Fsp3) is 0.533. The molecule has 2 aliphatic heterocycles. The van der Waals surface area contributed by atoms with Gasteiger partial charge in [0.25, 0.3) is 10.2 Å². The van der Waals surface area contributed by atoms with Crippen molar-refractivity contribution in [1.29, 1.82) is 0 Å². The molecular formula is C15H22N4O3S. The Kier molecular flexibility index (Phi) is 4.41. The van der Waals surface area contributed by atoms with Crippen LogP contribution < -0.4 is 11.1 Å². The molecule has 0 saturated carbocycles. The molecule has 0 aliphatic carbocycles. The Morgan fingerprint density at radius 1 is 1.30 bits per heavy atom. The van der Waals surface area contributed by atoms with Crippen LogP contribution in [0.2, 0.25) is 0 Å². The molecule has 3 N–H and O–H groups in total. The quantitative estimate of drug-likeness (QED) is 0.772. The van der Waals surface area contributed by atoms with Gasteiger partial charge in [-0.15, -0.1) is 0 Å². The molecule has 3 rings (SSSR count). The van der Waals surface area contributed by atoms with Gasteiger partial charge >= 0.3 is 0 Å². The molecule has 1 aromatic carbocycles. The van der Waals surface area contributed by atoms with Crippen LogP contribution in [0.4, 0.5) is 0 Å². The lowest BCUT2D eigenvalue weighted by atomic mass is 10.0. The summed E-state index contributed by atoms with van der Waals surface area (Å²) in [5.41, 5.74) is 8.10. The summed E-state index contributed by atoms with van der Waals surface area (Å²) in [6.45, 7) is 0.939. The molecule has 0 spiro atoms. The van der Waals surface area contributed by atoms with Crippen molar-refractivity contribution in [1.82, 2.24) is 13.9 Å². The van der Waals surface area contributed by atoms with Gasteiger partial charge in [0.15, 0.2) is 0 Å². The first-order valence-electron chi connectivity index (χ1n) is 7.74. The molecule has 0 aromatic heterocycles. The van der Waals surface area contributed by atoms with E-state index < -0.39 is 16.3 Å². The lowest BCUT2D eigenvalue weighted by Crippen LogP contribution is -2.51. The van der Waals surface area contributed by atoms with Crippen LogP contribution in [0, 0.1) is 0 Å². The third kappa shape index (κ3) is 2.99. The minimum Gasteiger partial charge on any atom is -0.358 e. The summed E-state index contributed by atoms with van der Waals surface area (Å²) < 4.78 is 28.7. The summed E-state index contributed by atoms with van der Waals surface area (Å²) in [4.78, 5) is 12.0. The van der Waals surface area contributed by atoms with Crippen LogP contribution in [-0.2, 0) is 28.0 Å². The molecule has 1 fully saturated rings. The molecule has 0 unspecified atom stereocenters. The highest BCUT2D eigenvalue weighted by Crippen LogP contribution is 2.27. The summed E-state index contributed by atoms with van der Waals surface area (Å²) in [6, 6.07) is 6.81. The van der Waals surface area contributed by atoms with Crippen molar-refractivity contribution in [3.8, 4) is 0 Å². The highest BCUT2D eigenvalue weighted by atomic mass is 32.2. The third-order valence-electron chi connectivity index (χ3n) is 4.56. The smallest absolute Gasteiger partial charge is 0.283 e. The minimum atomic E-state index is -3.72. The van der Waals surface area contributed by atoms with Crippen molar-refractivity contribution < 1.29 is 13.2 Å². The van der Waals surface area contributed by atoms with Crippen LogP contribution >= 0.6 is 0 Å². The van der Waals surface area contributed by atoms with E-state index in [4.69, 9.17) is 5.73 Å². The summed E-state index contributed by atoms with van der Waals surface area (Å²) in [6.07, 6.45) is 1.03. The maximum absolute atomic E-state index is 13.0. The molecule has 2 heterocycles. The van der Waals surface area contributed by atoms with E-state index in [1.54, 1.807) is 0 Å². The topological polar surface area (TPSA) is 95.7 Å². The lowest BCUT2D eigenvalue weighted by Gasteiger charge is -2.33. The van der Waals surface area contributed by atoms with E-state index in [0.717, 1.165) is 5.56 Å². The Balaban J connectivity index is 1.85. The first kappa shape index (κ1) is 16.4. The van der Waals surface area contributed by atoms with Gasteiger partial charge in [-0.05, 0) is 24.0 Å². The zero-order valence-electron chi connectivity index (χ0n) is 13.1. The van der Waals surface area contributed by atoms with E-state index in [1.165, 1.54) is 21.2 Å². The normalized spacial score (nSPS) is 26.0. The third-order valence-corrected chi connectivity index (χ3v) is 6.52. The number of benzene rings is 1. The van der Waals surface area contributed by atoms with Crippen molar-refractivity contribution in [2.75, 3.05) is 20.1 Å². The minimum absolute atomic E-state index is 0.179. The molecular weight excluding hydrogens is 316 g/mol. The number of carbonyl (C=O) groups excluding carboxylic acids is 1. The van der Waals surface area contributed by atoms with Crippen LogP contribution in [0.15, 0.2) is 24.3 Å². The molecule has 126 valence electrons. The average molecular weight is 338 g/mol. The average Bonchev–Trinajstić information content (AvgIpc) is 2.96. The maximum Gasteiger partial charge on any atom is 0.283 e. The van der Waals surface area contributed by atoms with Gasteiger partial charge in [-0.3, -0.25) is 4.79 Å². The van der Waals surface area contributed by atoms with Gasteiger partial charge in [-0.25, -0.2) is 0 Å². The van der Waals surface area contributed by atoms with Crippen molar-refractivity contribution in [3.05, 3.63) is 35.4 Å². The number of nitrogens with one attached hydrogen (secondary N) is 1. The molecule has 7 nitrogen and oxygen atoms in total. The first-order chi connectivity index (χ1) is 10.9. The summed E-state index contributed by atoms with van der Waals surface area (Å²) in [7, 11) is -2.21. The highest BCUT2D eigenvalue weighted by molar-refractivity contribution is 7.86. The molecule has 1 saturated heterocycles. The Bertz CT molecular complexity index is 706. The fourth-order valence-corrected chi connectivity index (χ4v) is 5.12. The van der Waals surface area contributed by atoms with Crippen molar-refractivity contribution in [2.24, 2.45) is 5.73 Å². The number of fused-ring (bicyclic) bond motifs is 1. The summed E-state index contributed by atoms with van der Waals surface area (Å²) in [5, 5.41) is 2.53. The van der Waals surface area contributed by atoms with E-state index in [2.05, 4.69) is 5.32 Å². The molecule has 2 aliphatic rings.